The lowest BCUT2D eigenvalue weighted by molar-refractivity contribution is -0.274. The Balaban J connectivity index is 2.70. The minimum atomic E-state index is -4.88. The fourth-order valence-corrected chi connectivity index (χ4v) is 3.01. The number of alkyl halides is 3. The van der Waals surface area contributed by atoms with E-state index in [1.165, 1.54) is 12.3 Å². The Morgan fingerprint density at radius 3 is 2.50 bits per heavy atom. The lowest BCUT2D eigenvalue weighted by atomic mass is 9.97. The average Bonchev–Trinajstić information content (AvgIpc) is 2.53. The predicted molar refractivity (Wildman–Crippen MR) is 92.2 cm³/mol. The summed E-state index contributed by atoms with van der Waals surface area (Å²) >= 11 is 0. The highest BCUT2D eigenvalue weighted by molar-refractivity contribution is 5.96. The van der Waals surface area contributed by atoms with Crippen molar-refractivity contribution in [1.82, 2.24) is 4.57 Å². The van der Waals surface area contributed by atoms with E-state index in [0.29, 0.717) is 5.52 Å². The molecule has 0 fully saturated rings. The van der Waals surface area contributed by atoms with Gasteiger partial charge in [-0.1, -0.05) is 20.3 Å². The summed E-state index contributed by atoms with van der Waals surface area (Å²) in [6.07, 6.45) is -1.63. The monoisotopic (exact) mass is 370 g/mol. The average molecular weight is 370 g/mol. The van der Waals surface area contributed by atoms with Crippen molar-refractivity contribution in [2.24, 2.45) is 11.7 Å². The molecule has 8 heteroatoms. The molecule has 0 aliphatic rings. The zero-order valence-corrected chi connectivity index (χ0v) is 14.8. The quantitative estimate of drug-likeness (QED) is 0.835. The number of nitrogens with zero attached hydrogens (tertiary/aromatic N) is 1. The van der Waals surface area contributed by atoms with Gasteiger partial charge in [-0.05, 0) is 37.5 Å². The number of fused-ring (bicyclic) bond motifs is 1. The molecule has 0 spiro atoms. The Morgan fingerprint density at radius 2 is 1.96 bits per heavy atom. The molecule has 0 bridgehead atoms. The second kappa shape index (κ2) is 7.39. The first-order chi connectivity index (χ1) is 12.0. The molecule has 0 saturated heterocycles. The molecule has 0 saturated carbocycles. The van der Waals surface area contributed by atoms with Crippen LogP contribution in [0.25, 0.3) is 10.9 Å². The van der Waals surface area contributed by atoms with E-state index in [0.717, 1.165) is 25.0 Å². The molecule has 142 valence electrons. The molecule has 2 rings (SSSR count). The number of amides is 1. The van der Waals surface area contributed by atoms with Gasteiger partial charge in [0.1, 0.15) is 11.3 Å². The maximum absolute atomic E-state index is 12.5. The SMILES string of the molecule is CCCC(C)C(C)n1cc(C(N)=O)c(=O)c2cc(OC(F)(F)F)ccc21. The van der Waals surface area contributed by atoms with E-state index in [-0.39, 0.29) is 22.9 Å². The molecule has 5 nitrogen and oxygen atoms in total. The number of hydrogen-bond acceptors (Lipinski definition) is 3. The molecule has 26 heavy (non-hydrogen) atoms. The molecule has 1 heterocycles. The summed E-state index contributed by atoms with van der Waals surface area (Å²) in [6, 6.07) is 3.43. The van der Waals surface area contributed by atoms with Crippen LogP contribution in [0.3, 0.4) is 0 Å². The molecule has 0 radical (unpaired) electrons. The second-order valence-corrected chi connectivity index (χ2v) is 6.38. The standard InChI is InChI=1S/C18H21F3N2O3/c1-4-5-10(2)11(3)23-9-14(17(22)25)16(24)13-8-12(6-7-15(13)23)26-18(19,20)21/h6-11H,4-5H2,1-3H3,(H2,22,25). The van der Waals surface area contributed by atoms with Crippen molar-refractivity contribution in [2.75, 3.05) is 0 Å². The van der Waals surface area contributed by atoms with Crippen molar-refractivity contribution in [2.45, 2.75) is 46.0 Å². The Bertz CT molecular complexity index is 874. The van der Waals surface area contributed by atoms with Crippen molar-refractivity contribution in [3.05, 3.63) is 40.2 Å². The fraction of sp³-hybridized carbons (Fsp3) is 0.444. The van der Waals surface area contributed by atoms with E-state index in [1.54, 1.807) is 4.57 Å². The molecular weight excluding hydrogens is 349 g/mol. The van der Waals surface area contributed by atoms with Gasteiger partial charge in [0.15, 0.2) is 0 Å². The van der Waals surface area contributed by atoms with Gasteiger partial charge < -0.3 is 15.0 Å². The topological polar surface area (TPSA) is 74.3 Å². The maximum Gasteiger partial charge on any atom is 0.573 e. The normalized spacial score (nSPS) is 14.2. The van der Waals surface area contributed by atoms with Crippen LogP contribution in [-0.2, 0) is 0 Å². The van der Waals surface area contributed by atoms with E-state index in [1.807, 2.05) is 20.8 Å². The van der Waals surface area contributed by atoms with Gasteiger partial charge in [0.2, 0.25) is 5.43 Å². The van der Waals surface area contributed by atoms with E-state index in [4.69, 9.17) is 5.73 Å². The second-order valence-electron chi connectivity index (χ2n) is 6.38. The number of benzene rings is 1. The first-order valence-corrected chi connectivity index (χ1v) is 8.29. The van der Waals surface area contributed by atoms with Crippen molar-refractivity contribution in [1.29, 1.82) is 0 Å². The summed E-state index contributed by atoms with van der Waals surface area (Å²) in [5.74, 6) is -1.23. The first kappa shape index (κ1) is 19.8. The van der Waals surface area contributed by atoms with Gasteiger partial charge in [0.05, 0.1) is 10.9 Å². The number of aromatic nitrogens is 1. The number of hydrogen-bond donors (Lipinski definition) is 1. The van der Waals surface area contributed by atoms with Crippen LogP contribution in [0.4, 0.5) is 13.2 Å². The number of nitrogens with two attached hydrogens (primary N) is 1. The van der Waals surface area contributed by atoms with Gasteiger partial charge in [-0.3, -0.25) is 9.59 Å². The van der Waals surface area contributed by atoms with E-state index >= 15 is 0 Å². The van der Waals surface area contributed by atoms with Gasteiger partial charge in [-0.2, -0.15) is 0 Å². The van der Waals surface area contributed by atoms with Crippen LogP contribution >= 0.6 is 0 Å². The largest absolute Gasteiger partial charge is 0.573 e. The van der Waals surface area contributed by atoms with Crippen molar-refractivity contribution in [3.63, 3.8) is 0 Å². The van der Waals surface area contributed by atoms with Crippen LogP contribution in [0.2, 0.25) is 0 Å². The summed E-state index contributed by atoms with van der Waals surface area (Å²) in [5.41, 5.74) is 4.72. The minimum absolute atomic E-state index is 0.0430. The summed E-state index contributed by atoms with van der Waals surface area (Å²) in [7, 11) is 0. The molecule has 1 aromatic carbocycles. The van der Waals surface area contributed by atoms with Crippen LogP contribution < -0.4 is 15.9 Å². The molecule has 1 amide bonds. The lowest BCUT2D eigenvalue weighted by Crippen LogP contribution is -2.26. The Labute approximate surface area is 148 Å². The zero-order chi connectivity index (χ0) is 19.6. The molecule has 2 unspecified atom stereocenters. The molecule has 0 aliphatic heterocycles. The Morgan fingerprint density at radius 1 is 1.31 bits per heavy atom. The molecule has 2 N–H and O–H groups in total. The smallest absolute Gasteiger partial charge is 0.406 e. The minimum Gasteiger partial charge on any atom is -0.406 e. The number of primary amides is 1. The van der Waals surface area contributed by atoms with Gasteiger partial charge >= 0.3 is 6.36 Å². The van der Waals surface area contributed by atoms with E-state index in [9.17, 15) is 22.8 Å². The van der Waals surface area contributed by atoms with Crippen LogP contribution in [0.1, 0.15) is 50.0 Å². The summed E-state index contributed by atoms with van der Waals surface area (Å²) < 4.78 is 43.0. The van der Waals surface area contributed by atoms with Gasteiger partial charge in [-0.15, -0.1) is 13.2 Å². The number of pyridine rings is 1. The van der Waals surface area contributed by atoms with Gasteiger partial charge in [0, 0.05) is 12.2 Å². The van der Waals surface area contributed by atoms with Gasteiger partial charge in [0.25, 0.3) is 5.91 Å². The number of halogens is 3. The third kappa shape index (κ3) is 4.17. The number of carbonyl (C=O) groups excluding carboxylic acids is 1. The van der Waals surface area contributed by atoms with Crippen molar-refractivity contribution in [3.8, 4) is 5.75 Å². The lowest BCUT2D eigenvalue weighted by Gasteiger charge is -2.25. The fourth-order valence-electron chi connectivity index (χ4n) is 3.01. The van der Waals surface area contributed by atoms with Gasteiger partial charge in [-0.25, -0.2) is 0 Å². The molecule has 2 aromatic rings. The molecule has 1 aromatic heterocycles. The maximum atomic E-state index is 12.5. The molecule has 0 aliphatic carbocycles. The highest BCUT2D eigenvalue weighted by Gasteiger charge is 2.31. The predicted octanol–water partition coefficient (Wildman–Crippen LogP) is 4.00. The first-order valence-electron chi connectivity index (χ1n) is 8.29. The molecular formula is C18H21F3N2O3. The number of carbonyl (C=O) groups is 1. The zero-order valence-electron chi connectivity index (χ0n) is 14.8. The van der Waals surface area contributed by atoms with Crippen molar-refractivity contribution >= 4 is 16.8 Å². The van der Waals surface area contributed by atoms with Crippen molar-refractivity contribution < 1.29 is 22.7 Å². The van der Waals surface area contributed by atoms with Crippen LogP contribution in [-0.4, -0.2) is 16.8 Å². The molecule has 2 atom stereocenters. The third-order valence-corrected chi connectivity index (χ3v) is 4.51. The highest BCUT2D eigenvalue weighted by Crippen LogP contribution is 2.29. The Hall–Kier alpha value is -2.51. The number of rotatable bonds is 6. The van der Waals surface area contributed by atoms with Crippen LogP contribution in [0, 0.1) is 5.92 Å². The van der Waals surface area contributed by atoms with Crippen LogP contribution in [0.15, 0.2) is 29.2 Å². The Kier molecular flexibility index (Phi) is 5.63. The summed E-state index contributed by atoms with van der Waals surface area (Å²) in [6.45, 7) is 6.00. The highest BCUT2D eigenvalue weighted by atomic mass is 19.4. The van der Waals surface area contributed by atoms with Crippen LogP contribution in [0.5, 0.6) is 5.75 Å². The van der Waals surface area contributed by atoms with E-state index in [2.05, 4.69) is 4.74 Å². The summed E-state index contributed by atoms with van der Waals surface area (Å²) in [4.78, 5) is 24.2. The number of ether oxygens (including phenoxy) is 1. The third-order valence-electron chi connectivity index (χ3n) is 4.51. The summed E-state index contributed by atoms with van der Waals surface area (Å²) in [5, 5.41) is -0.0430. The van der Waals surface area contributed by atoms with E-state index < -0.39 is 23.4 Å².